The largest absolute Gasteiger partial charge is 0.378 e. The van der Waals surface area contributed by atoms with E-state index in [2.05, 4.69) is 22.8 Å². The highest BCUT2D eigenvalue weighted by molar-refractivity contribution is 5.80. The zero-order valence-corrected chi connectivity index (χ0v) is 11.0. The highest BCUT2D eigenvalue weighted by atomic mass is 16.5. The molecular weight excluding hydrogens is 240 g/mol. The topological polar surface area (TPSA) is 50.4 Å². The van der Waals surface area contributed by atoms with E-state index in [0.29, 0.717) is 13.2 Å². The van der Waals surface area contributed by atoms with Crippen LogP contribution in [0, 0.1) is 5.92 Å². The molecule has 1 amide bonds. The summed E-state index contributed by atoms with van der Waals surface area (Å²) in [4.78, 5) is 12.2. The number of carbonyl (C=O) groups excluding carboxylic acids is 1. The lowest BCUT2D eigenvalue weighted by molar-refractivity contribution is -0.124. The molecule has 0 bridgehead atoms. The van der Waals surface area contributed by atoms with Gasteiger partial charge in [-0.15, -0.1) is 0 Å². The molecule has 0 saturated carbocycles. The van der Waals surface area contributed by atoms with Gasteiger partial charge in [0.2, 0.25) is 5.91 Å². The number of benzene rings is 1. The standard InChI is InChI=1S/C15H20N2O2/c18-15(17-9-14-10-19-6-5-16-14)13-7-11-3-1-2-4-12(11)8-13/h1-4,13-14,16H,5-10H2,(H,17,18). The number of hydrogen-bond donors (Lipinski definition) is 2. The van der Waals surface area contributed by atoms with Crippen molar-refractivity contribution >= 4 is 5.91 Å². The van der Waals surface area contributed by atoms with Crippen molar-refractivity contribution in [3.63, 3.8) is 0 Å². The maximum atomic E-state index is 12.2. The number of carbonyl (C=O) groups is 1. The fourth-order valence-electron chi connectivity index (χ4n) is 2.86. The smallest absolute Gasteiger partial charge is 0.223 e. The Balaban J connectivity index is 1.49. The van der Waals surface area contributed by atoms with E-state index < -0.39 is 0 Å². The van der Waals surface area contributed by atoms with Gasteiger partial charge in [-0.3, -0.25) is 4.79 Å². The summed E-state index contributed by atoms with van der Waals surface area (Å²) >= 11 is 0. The SMILES string of the molecule is O=C(NCC1COCCN1)C1Cc2ccccc2C1. The van der Waals surface area contributed by atoms with Crippen LogP contribution in [-0.2, 0) is 22.4 Å². The molecule has 4 heteroatoms. The summed E-state index contributed by atoms with van der Waals surface area (Å²) in [5.74, 6) is 0.269. The van der Waals surface area contributed by atoms with Gasteiger partial charge in [-0.1, -0.05) is 24.3 Å². The van der Waals surface area contributed by atoms with Crippen molar-refractivity contribution in [3.05, 3.63) is 35.4 Å². The van der Waals surface area contributed by atoms with E-state index in [1.165, 1.54) is 11.1 Å². The van der Waals surface area contributed by atoms with Crippen molar-refractivity contribution in [3.8, 4) is 0 Å². The third-order valence-electron chi connectivity index (χ3n) is 3.94. The highest BCUT2D eigenvalue weighted by Crippen LogP contribution is 2.26. The molecule has 102 valence electrons. The van der Waals surface area contributed by atoms with Gasteiger partial charge >= 0.3 is 0 Å². The van der Waals surface area contributed by atoms with E-state index in [-0.39, 0.29) is 17.9 Å². The third kappa shape index (κ3) is 2.96. The van der Waals surface area contributed by atoms with Crippen LogP contribution in [0.15, 0.2) is 24.3 Å². The number of morpholine rings is 1. The zero-order chi connectivity index (χ0) is 13.1. The van der Waals surface area contributed by atoms with Crippen molar-refractivity contribution in [2.24, 2.45) is 5.92 Å². The first-order valence-electron chi connectivity index (χ1n) is 6.98. The van der Waals surface area contributed by atoms with Gasteiger partial charge in [-0.2, -0.15) is 0 Å². The molecule has 0 spiro atoms. The van der Waals surface area contributed by atoms with E-state index in [0.717, 1.165) is 26.0 Å². The number of rotatable bonds is 3. The van der Waals surface area contributed by atoms with Gasteiger partial charge in [0, 0.05) is 25.0 Å². The molecule has 0 radical (unpaired) electrons. The summed E-state index contributed by atoms with van der Waals surface area (Å²) < 4.78 is 5.38. The molecule has 1 aliphatic heterocycles. The van der Waals surface area contributed by atoms with Crippen molar-refractivity contribution < 1.29 is 9.53 Å². The highest BCUT2D eigenvalue weighted by Gasteiger charge is 2.27. The summed E-state index contributed by atoms with van der Waals surface area (Å²) in [6.07, 6.45) is 1.74. The minimum absolute atomic E-state index is 0.0990. The molecule has 1 saturated heterocycles. The Kier molecular flexibility index (Phi) is 3.80. The van der Waals surface area contributed by atoms with E-state index >= 15 is 0 Å². The molecule has 2 N–H and O–H groups in total. The van der Waals surface area contributed by atoms with E-state index in [4.69, 9.17) is 4.74 Å². The van der Waals surface area contributed by atoms with Crippen LogP contribution in [0.4, 0.5) is 0 Å². The van der Waals surface area contributed by atoms with Gasteiger partial charge < -0.3 is 15.4 Å². The van der Waals surface area contributed by atoms with Crippen LogP contribution in [0.1, 0.15) is 11.1 Å². The van der Waals surface area contributed by atoms with Gasteiger partial charge in [0.25, 0.3) is 0 Å². The number of amides is 1. The van der Waals surface area contributed by atoms with Crippen LogP contribution in [0.3, 0.4) is 0 Å². The summed E-state index contributed by atoms with van der Waals surface area (Å²) in [5, 5.41) is 6.39. The first kappa shape index (κ1) is 12.6. The average Bonchev–Trinajstić information content (AvgIpc) is 2.90. The number of hydrogen-bond acceptors (Lipinski definition) is 3. The lowest BCUT2D eigenvalue weighted by Crippen LogP contribution is -2.49. The molecule has 3 rings (SSSR count). The first-order valence-corrected chi connectivity index (χ1v) is 6.98. The zero-order valence-electron chi connectivity index (χ0n) is 11.0. The molecule has 2 aliphatic rings. The van der Waals surface area contributed by atoms with Crippen LogP contribution < -0.4 is 10.6 Å². The second-order valence-corrected chi connectivity index (χ2v) is 5.34. The van der Waals surface area contributed by atoms with E-state index in [1.807, 2.05) is 12.1 Å². The summed E-state index contributed by atoms with van der Waals surface area (Å²) in [6, 6.07) is 8.59. The Morgan fingerprint density at radius 3 is 2.68 bits per heavy atom. The molecule has 1 unspecified atom stereocenters. The monoisotopic (exact) mass is 260 g/mol. The minimum atomic E-state index is 0.0990. The Morgan fingerprint density at radius 1 is 1.32 bits per heavy atom. The fourth-order valence-corrected chi connectivity index (χ4v) is 2.86. The predicted molar refractivity (Wildman–Crippen MR) is 73.0 cm³/mol. The van der Waals surface area contributed by atoms with Crippen molar-refractivity contribution in [2.75, 3.05) is 26.3 Å². The Morgan fingerprint density at radius 2 is 2.05 bits per heavy atom. The van der Waals surface area contributed by atoms with Crippen molar-refractivity contribution in [2.45, 2.75) is 18.9 Å². The second-order valence-electron chi connectivity index (χ2n) is 5.34. The Hall–Kier alpha value is -1.39. The molecule has 1 heterocycles. The van der Waals surface area contributed by atoms with Gasteiger partial charge in [0.05, 0.1) is 13.2 Å². The Bertz CT molecular complexity index is 430. The number of ether oxygens (including phenoxy) is 1. The molecule has 1 aromatic carbocycles. The van der Waals surface area contributed by atoms with E-state index in [1.54, 1.807) is 0 Å². The lowest BCUT2D eigenvalue weighted by atomic mass is 10.1. The van der Waals surface area contributed by atoms with Crippen molar-refractivity contribution in [1.82, 2.24) is 10.6 Å². The van der Waals surface area contributed by atoms with Crippen LogP contribution in [-0.4, -0.2) is 38.3 Å². The molecule has 0 aromatic heterocycles. The van der Waals surface area contributed by atoms with Crippen LogP contribution >= 0.6 is 0 Å². The molecule has 1 atom stereocenters. The average molecular weight is 260 g/mol. The summed E-state index contributed by atoms with van der Waals surface area (Å²) in [6.45, 7) is 2.98. The quantitative estimate of drug-likeness (QED) is 0.832. The van der Waals surface area contributed by atoms with Gasteiger partial charge in [0.15, 0.2) is 0 Å². The van der Waals surface area contributed by atoms with Crippen molar-refractivity contribution in [1.29, 1.82) is 0 Å². The Labute approximate surface area is 113 Å². The maximum Gasteiger partial charge on any atom is 0.223 e. The minimum Gasteiger partial charge on any atom is -0.378 e. The molecule has 1 aliphatic carbocycles. The summed E-state index contributed by atoms with van der Waals surface area (Å²) in [5.41, 5.74) is 2.64. The fraction of sp³-hybridized carbons (Fsp3) is 0.533. The van der Waals surface area contributed by atoms with E-state index in [9.17, 15) is 4.79 Å². The molecular formula is C15H20N2O2. The molecule has 1 fully saturated rings. The summed E-state index contributed by atoms with van der Waals surface area (Å²) in [7, 11) is 0. The molecule has 19 heavy (non-hydrogen) atoms. The first-order chi connectivity index (χ1) is 9.33. The molecule has 1 aromatic rings. The number of nitrogens with one attached hydrogen (secondary N) is 2. The maximum absolute atomic E-state index is 12.2. The van der Waals surface area contributed by atoms with Gasteiger partial charge in [-0.05, 0) is 24.0 Å². The third-order valence-corrected chi connectivity index (χ3v) is 3.94. The predicted octanol–water partition coefficient (Wildman–Crippen LogP) is 0.506. The normalized spacial score (nSPS) is 23.1. The number of fused-ring (bicyclic) bond motifs is 1. The van der Waals surface area contributed by atoms with Crippen LogP contribution in [0.5, 0.6) is 0 Å². The lowest BCUT2D eigenvalue weighted by Gasteiger charge is -2.24. The van der Waals surface area contributed by atoms with Crippen LogP contribution in [0.25, 0.3) is 0 Å². The molecule has 4 nitrogen and oxygen atoms in total. The second kappa shape index (κ2) is 5.72. The van der Waals surface area contributed by atoms with Gasteiger partial charge in [-0.25, -0.2) is 0 Å². The van der Waals surface area contributed by atoms with Crippen LogP contribution in [0.2, 0.25) is 0 Å². The van der Waals surface area contributed by atoms with Gasteiger partial charge in [0.1, 0.15) is 0 Å².